The summed E-state index contributed by atoms with van der Waals surface area (Å²) >= 11 is 0. The van der Waals surface area contributed by atoms with Crippen molar-refractivity contribution in [2.75, 3.05) is 11.9 Å². The lowest BCUT2D eigenvalue weighted by atomic mass is 10.2. The predicted molar refractivity (Wildman–Crippen MR) is 79.9 cm³/mol. The van der Waals surface area contributed by atoms with Crippen molar-refractivity contribution in [2.45, 2.75) is 13.5 Å². The van der Waals surface area contributed by atoms with Gasteiger partial charge in [-0.3, -0.25) is 0 Å². The topological polar surface area (TPSA) is 50.4 Å². The zero-order chi connectivity index (χ0) is 15.1. The fraction of sp³-hybridized carbons (Fsp3) is 0.188. The summed E-state index contributed by atoms with van der Waals surface area (Å²) in [6, 6.07) is 13.4. The fourth-order valence-electron chi connectivity index (χ4n) is 1.81. The third-order valence-electron chi connectivity index (χ3n) is 2.78. The summed E-state index contributed by atoms with van der Waals surface area (Å²) in [6.45, 7) is 2.44. The van der Waals surface area contributed by atoms with E-state index in [1.165, 1.54) is 6.07 Å². The van der Waals surface area contributed by atoms with Crippen LogP contribution in [0.2, 0.25) is 0 Å². The second-order valence-corrected chi connectivity index (χ2v) is 4.37. The van der Waals surface area contributed by atoms with Gasteiger partial charge >= 0.3 is 6.03 Å². The Bertz CT molecular complexity index is 602. The number of benzene rings is 2. The molecule has 0 aliphatic rings. The Morgan fingerprint density at radius 2 is 1.95 bits per heavy atom. The molecule has 0 unspecified atom stereocenters. The van der Waals surface area contributed by atoms with Crippen LogP contribution in [0.25, 0.3) is 0 Å². The molecule has 0 saturated carbocycles. The number of hydrogen-bond donors (Lipinski definition) is 2. The third-order valence-corrected chi connectivity index (χ3v) is 2.78. The van der Waals surface area contributed by atoms with Crippen molar-refractivity contribution < 1.29 is 13.9 Å². The van der Waals surface area contributed by atoms with E-state index >= 15 is 0 Å². The third kappa shape index (κ3) is 4.49. The van der Waals surface area contributed by atoms with Gasteiger partial charge in [-0.2, -0.15) is 0 Å². The predicted octanol–water partition coefficient (Wildman–Crippen LogP) is 3.55. The van der Waals surface area contributed by atoms with Crippen molar-refractivity contribution in [3.8, 4) is 5.75 Å². The van der Waals surface area contributed by atoms with Crippen LogP contribution in [0.4, 0.5) is 14.9 Å². The van der Waals surface area contributed by atoms with Crippen LogP contribution in [0.5, 0.6) is 5.75 Å². The van der Waals surface area contributed by atoms with Gasteiger partial charge in [-0.05, 0) is 36.8 Å². The number of carbonyl (C=O) groups excluding carboxylic acids is 1. The Labute approximate surface area is 122 Å². The lowest BCUT2D eigenvalue weighted by molar-refractivity contribution is 0.251. The zero-order valence-electron chi connectivity index (χ0n) is 11.7. The number of amides is 2. The van der Waals surface area contributed by atoms with Gasteiger partial charge in [0.15, 0.2) is 11.6 Å². The second kappa shape index (κ2) is 7.28. The van der Waals surface area contributed by atoms with Crippen LogP contribution >= 0.6 is 0 Å². The van der Waals surface area contributed by atoms with E-state index in [2.05, 4.69) is 10.6 Å². The Morgan fingerprint density at radius 3 is 2.62 bits per heavy atom. The molecule has 2 amide bonds. The van der Waals surface area contributed by atoms with Crippen LogP contribution in [-0.4, -0.2) is 12.6 Å². The summed E-state index contributed by atoms with van der Waals surface area (Å²) < 4.78 is 18.8. The van der Waals surface area contributed by atoms with E-state index in [4.69, 9.17) is 4.74 Å². The number of nitrogens with one attached hydrogen (secondary N) is 2. The molecule has 0 bridgehead atoms. The molecular weight excluding hydrogens is 271 g/mol. The van der Waals surface area contributed by atoms with Crippen LogP contribution in [0.3, 0.4) is 0 Å². The van der Waals surface area contributed by atoms with Crippen LogP contribution in [0.1, 0.15) is 12.5 Å². The summed E-state index contributed by atoms with van der Waals surface area (Å²) in [4.78, 5) is 11.7. The molecule has 0 saturated heterocycles. The smallest absolute Gasteiger partial charge is 0.319 e. The van der Waals surface area contributed by atoms with Crippen LogP contribution in [0, 0.1) is 5.82 Å². The van der Waals surface area contributed by atoms with Gasteiger partial charge in [0, 0.05) is 12.2 Å². The van der Waals surface area contributed by atoms with Crippen LogP contribution in [0.15, 0.2) is 48.5 Å². The Hall–Kier alpha value is -2.56. The van der Waals surface area contributed by atoms with E-state index < -0.39 is 5.82 Å². The molecular formula is C16H17FN2O2. The Morgan fingerprint density at radius 1 is 1.19 bits per heavy atom. The number of para-hydroxylation sites is 1. The van der Waals surface area contributed by atoms with E-state index in [0.717, 1.165) is 0 Å². The number of ether oxygens (including phenoxy) is 1. The largest absolute Gasteiger partial charge is 0.491 e. The van der Waals surface area contributed by atoms with E-state index in [1.54, 1.807) is 31.2 Å². The molecule has 2 aromatic carbocycles. The van der Waals surface area contributed by atoms with Gasteiger partial charge in [-0.15, -0.1) is 0 Å². The van der Waals surface area contributed by atoms with Crippen molar-refractivity contribution in [2.24, 2.45) is 0 Å². The molecule has 2 rings (SSSR count). The SMILES string of the molecule is CCOc1ccc(CNC(=O)Nc2ccccc2)cc1F. The summed E-state index contributed by atoms with van der Waals surface area (Å²) in [5.41, 5.74) is 1.37. The first-order chi connectivity index (χ1) is 10.2. The van der Waals surface area contributed by atoms with E-state index in [0.29, 0.717) is 17.9 Å². The van der Waals surface area contributed by atoms with Gasteiger partial charge in [0.25, 0.3) is 0 Å². The molecule has 2 N–H and O–H groups in total. The highest BCUT2D eigenvalue weighted by Crippen LogP contribution is 2.18. The number of anilines is 1. The molecule has 0 aromatic heterocycles. The minimum Gasteiger partial charge on any atom is -0.491 e. The lowest BCUT2D eigenvalue weighted by Gasteiger charge is -2.09. The molecule has 2 aromatic rings. The van der Waals surface area contributed by atoms with E-state index in [-0.39, 0.29) is 18.3 Å². The molecule has 0 radical (unpaired) electrons. The molecule has 5 heteroatoms. The molecule has 0 heterocycles. The average Bonchev–Trinajstić information content (AvgIpc) is 2.49. The maximum atomic E-state index is 13.7. The van der Waals surface area contributed by atoms with Gasteiger partial charge in [0.2, 0.25) is 0 Å². The minimum atomic E-state index is -0.431. The van der Waals surface area contributed by atoms with Crippen molar-refractivity contribution in [1.29, 1.82) is 0 Å². The first kappa shape index (κ1) is 14.8. The standard InChI is InChI=1S/C16H17FN2O2/c1-2-21-15-9-8-12(10-14(15)17)11-18-16(20)19-13-6-4-3-5-7-13/h3-10H,2,11H2,1H3,(H2,18,19,20). The molecule has 0 fully saturated rings. The first-order valence-corrected chi connectivity index (χ1v) is 6.70. The first-order valence-electron chi connectivity index (χ1n) is 6.70. The van der Waals surface area contributed by atoms with Crippen molar-refractivity contribution in [3.05, 3.63) is 59.9 Å². The molecule has 4 nitrogen and oxygen atoms in total. The van der Waals surface area contributed by atoms with Gasteiger partial charge in [-0.1, -0.05) is 24.3 Å². The normalized spacial score (nSPS) is 10.0. The number of urea groups is 1. The average molecular weight is 288 g/mol. The van der Waals surface area contributed by atoms with Gasteiger partial charge in [0.05, 0.1) is 6.61 Å². The highest BCUT2D eigenvalue weighted by molar-refractivity contribution is 5.89. The quantitative estimate of drug-likeness (QED) is 0.884. The number of hydrogen-bond acceptors (Lipinski definition) is 2. The monoisotopic (exact) mass is 288 g/mol. The number of carbonyl (C=O) groups is 1. The molecule has 21 heavy (non-hydrogen) atoms. The molecule has 110 valence electrons. The van der Waals surface area contributed by atoms with Gasteiger partial charge in [-0.25, -0.2) is 9.18 Å². The molecule has 0 aliphatic heterocycles. The maximum Gasteiger partial charge on any atom is 0.319 e. The molecule has 0 atom stereocenters. The summed E-state index contributed by atoms with van der Waals surface area (Å²) in [6.07, 6.45) is 0. The molecule has 0 spiro atoms. The Balaban J connectivity index is 1.88. The van der Waals surface area contributed by atoms with E-state index in [1.807, 2.05) is 18.2 Å². The molecule has 0 aliphatic carbocycles. The van der Waals surface area contributed by atoms with Crippen molar-refractivity contribution in [3.63, 3.8) is 0 Å². The van der Waals surface area contributed by atoms with Crippen LogP contribution in [-0.2, 0) is 6.54 Å². The Kier molecular flexibility index (Phi) is 5.15. The van der Waals surface area contributed by atoms with Crippen LogP contribution < -0.4 is 15.4 Å². The highest BCUT2D eigenvalue weighted by Gasteiger charge is 2.06. The second-order valence-electron chi connectivity index (χ2n) is 4.37. The summed E-state index contributed by atoms with van der Waals surface area (Å²) in [5.74, 6) is -0.213. The maximum absolute atomic E-state index is 13.7. The van der Waals surface area contributed by atoms with Crippen molar-refractivity contribution in [1.82, 2.24) is 5.32 Å². The van der Waals surface area contributed by atoms with E-state index in [9.17, 15) is 9.18 Å². The van der Waals surface area contributed by atoms with Gasteiger partial charge in [0.1, 0.15) is 0 Å². The fourth-order valence-corrected chi connectivity index (χ4v) is 1.81. The van der Waals surface area contributed by atoms with Crippen molar-refractivity contribution >= 4 is 11.7 Å². The summed E-state index contributed by atoms with van der Waals surface area (Å²) in [7, 11) is 0. The number of rotatable bonds is 5. The lowest BCUT2D eigenvalue weighted by Crippen LogP contribution is -2.28. The highest BCUT2D eigenvalue weighted by atomic mass is 19.1. The number of halogens is 1. The zero-order valence-corrected chi connectivity index (χ0v) is 11.7. The summed E-state index contributed by atoms with van der Waals surface area (Å²) in [5, 5.41) is 5.36. The minimum absolute atomic E-state index is 0.218. The van der Waals surface area contributed by atoms with Gasteiger partial charge < -0.3 is 15.4 Å².